The number of halogens is 1. The number of hydrogen-bond donors (Lipinski definition) is 1. The zero-order chi connectivity index (χ0) is 10.2. The third kappa shape index (κ3) is 1.53. The fourth-order valence-corrected chi connectivity index (χ4v) is 1.46. The molecule has 0 spiro atoms. The molecule has 76 valence electrons. The van der Waals surface area contributed by atoms with Crippen LogP contribution in [0.25, 0.3) is 0 Å². The molecular formula is C8H11ClN4O. The number of nitrogens with zero attached hydrogens (tertiary/aromatic N) is 3. The minimum Gasteiger partial charge on any atom is -0.370 e. The Kier molecular flexibility index (Phi) is 2.28. The molecule has 2 rings (SSSR count). The monoisotopic (exact) mass is 214 g/mol. The number of anilines is 1. The van der Waals surface area contributed by atoms with Gasteiger partial charge in [-0.3, -0.25) is 0 Å². The van der Waals surface area contributed by atoms with Gasteiger partial charge in [0.1, 0.15) is 5.60 Å². The second-order valence-electron chi connectivity index (χ2n) is 3.20. The Morgan fingerprint density at radius 1 is 1.36 bits per heavy atom. The van der Waals surface area contributed by atoms with Crippen LogP contribution in [-0.4, -0.2) is 29.1 Å². The van der Waals surface area contributed by atoms with Crippen LogP contribution in [0.3, 0.4) is 0 Å². The van der Waals surface area contributed by atoms with Crippen molar-refractivity contribution in [2.24, 2.45) is 0 Å². The molecule has 1 heterocycles. The van der Waals surface area contributed by atoms with Crippen molar-refractivity contribution < 1.29 is 4.74 Å². The fraction of sp³-hybridized carbons (Fsp3) is 0.625. The van der Waals surface area contributed by atoms with E-state index >= 15 is 0 Å². The van der Waals surface area contributed by atoms with E-state index in [2.05, 4.69) is 20.3 Å². The van der Waals surface area contributed by atoms with Crippen LogP contribution in [-0.2, 0) is 10.3 Å². The second kappa shape index (κ2) is 3.33. The van der Waals surface area contributed by atoms with Gasteiger partial charge in [-0.1, -0.05) is 0 Å². The molecule has 5 nitrogen and oxygen atoms in total. The molecule has 0 atom stereocenters. The average molecular weight is 215 g/mol. The van der Waals surface area contributed by atoms with Crippen LogP contribution in [0.5, 0.6) is 0 Å². The summed E-state index contributed by atoms with van der Waals surface area (Å²) in [6, 6.07) is 0. The van der Waals surface area contributed by atoms with E-state index in [1.807, 2.05) is 0 Å². The van der Waals surface area contributed by atoms with E-state index in [0.29, 0.717) is 11.8 Å². The number of ether oxygens (including phenoxy) is 1. The van der Waals surface area contributed by atoms with Gasteiger partial charge in [0.25, 0.3) is 0 Å². The molecule has 0 aliphatic heterocycles. The molecule has 6 heteroatoms. The molecular weight excluding hydrogens is 204 g/mol. The van der Waals surface area contributed by atoms with Crippen LogP contribution in [0.4, 0.5) is 5.95 Å². The Labute approximate surface area is 86.9 Å². The predicted octanol–water partition coefficient (Wildman–Crippen LogP) is 1.20. The molecule has 1 saturated carbocycles. The van der Waals surface area contributed by atoms with Crippen LogP contribution in [0, 0.1) is 0 Å². The first-order chi connectivity index (χ1) is 6.70. The summed E-state index contributed by atoms with van der Waals surface area (Å²) in [5.41, 5.74) is -0.321. The van der Waals surface area contributed by atoms with Crippen molar-refractivity contribution in [3.8, 4) is 0 Å². The van der Waals surface area contributed by atoms with Crippen LogP contribution >= 0.6 is 11.6 Å². The minimum absolute atomic E-state index is 0.197. The van der Waals surface area contributed by atoms with Crippen LogP contribution in [0.2, 0.25) is 5.28 Å². The van der Waals surface area contributed by atoms with Gasteiger partial charge in [-0.25, -0.2) is 0 Å². The number of nitrogens with one attached hydrogen (secondary N) is 1. The van der Waals surface area contributed by atoms with Crippen molar-refractivity contribution in [1.82, 2.24) is 15.0 Å². The number of aromatic nitrogens is 3. The summed E-state index contributed by atoms with van der Waals surface area (Å²) in [5.74, 6) is 1.09. The quantitative estimate of drug-likeness (QED) is 0.820. The first kappa shape index (κ1) is 9.61. The lowest BCUT2D eigenvalue weighted by Gasteiger charge is -2.11. The first-order valence-electron chi connectivity index (χ1n) is 4.35. The highest BCUT2D eigenvalue weighted by Gasteiger charge is 2.48. The number of methoxy groups -OCH3 is 1. The Bertz CT molecular complexity index is 353. The van der Waals surface area contributed by atoms with E-state index in [1.165, 1.54) is 0 Å². The summed E-state index contributed by atoms with van der Waals surface area (Å²) < 4.78 is 5.35. The van der Waals surface area contributed by atoms with Gasteiger partial charge >= 0.3 is 0 Å². The number of hydrogen-bond acceptors (Lipinski definition) is 5. The van der Waals surface area contributed by atoms with E-state index in [9.17, 15) is 0 Å². The molecule has 1 aromatic rings. The fourth-order valence-electron chi connectivity index (χ4n) is 1.30. The molecule has 0 aromatic carbocycles. The molecule has 0 radical (unpaired) electrons. The van der Waals surface area contributed by atoms with Gasteiger partial charge < -0.3 is 10.1 Å². The zero-order valence-electron chi connectivity index (χ0n) is 8.04. The highest BCUT2D eigenvalue weighted by molar-refractivity contribution is 6.28. The largest absolute Gasteiger partial charge is 0.370 e. The standard InChI is InChI=1S/C8H11ClN4O/c1-10-7-12-5(11-6(9)13-7)8(14-2)3-4-8/h3-4H2,1-2H3,(H,10,11,12,13). The Morgan fingerprint density at radius 2 is 2.07 bits per heavy atom. The first-order valence-corrected chi connectivity index (χ1v) is 4.73. The maximum atomic E-state index is 5.76. The van der Waals surface area contributed by atoms with E-state index in [-0.39, 0.29) is 10.9 Å². The van der Waals surface area contributed by atoms with E-state index in [0.717, 1.165) is 12.8 Å². The molecule has 1 aliphatic rings. The molecule has 0 unspecified atom stereocenters. The highest BCUT2D eigenvalue weighted by Crippen LogP contribution is 2.47. The van der Waals surface area contributed by atoms with Crippen LogP contribution < -0.4 is 5.32 Å². The van der Waals surface area contributed by atoms with Crippen molar-refractivity contribution in [2.75, 3.05) is 19.5 Å². The summed E-state index contributed by atoms with van der Waals surface area (Å²) in [6.45, 7) is 0. The molecule has 1 fully saturated rings. The van der Waals surface area contributed by atoms with Crippen molar-refractivity contribution in [1.29, 1.82) is 0 Å². The molecule has 0 bridgehead atoms. The SMILES string of the molecule is CNc1nc(Cl)nc(C2(OC)CC2)n1. The Balaban J connectivity index is 2.38. The van der Waals surface area contributed by atoms with Gasteiger partial charge in [-0.2, -0.15) is 15.0 Å². The Hall–Kier alpha value is -0.940. The summed E-state index contributed by atoms with van der Waals surface area (Å²) in [5, 5.41) is 3.03. The highest BCUT2D eigenvalue weighted by atomic mass is 35.5. The lowest BCUT2D eigenvalue weighted by atomic mass is 10.3. The molecule has 1 aliphatic carbocycles. The summed E-state index contributed by atoms with van der Waals surface area (Å²) in [4.78, 5) is 12.2. The molecule has 0 amide bonds. The van der Waals surface area contributed by atoms with E-state index in [1.54, 1.807) is 14.2 Å². The minimum atomic E-state index is -0.321. The van der Waals surface area contributed by atoms with E-state index < -0.39 is 0 Å². The topological polar surface area (TPSA) is 59.9 Å². The smallest absolute Gasteiger partial charge is 0.227 e. The normalized spacial score (nSPS) is 17.9. The van der Waals surface area contributed by atoms with Gasteiger partial charge in [0.2, 0.25) is 11.2 Å². The van der Waals surface area contributed by atoms with Crippen LogP contribution in [0.1, 0.15) is 18.7 Å². The average Bonchev–Trinajstić information content (AvgIpc) is 2.97. The van der Waals surface area contributed by atoms with Gasteiger partial charge in [-0.15, -0.1) is 0 Å². The van der Waals surface area contributed by atoms with Gasteiger partial charge in [0.15, 0.2) is 5.82 Å². The molecule has 1 N–H and O–H groups in total. The van der Waals surface area contributed by atoms with Gasteiger partial charge in [0, 0.05) is 14.2 Å². The molecule has 1 aromatic heterocycles. The van der Waals surface area contributed by atoms with Crippen molar-refractivity contribution in [3.63, 3.8) is 0 Å². The van der Waals surface area contributed by atoms with Crippen molar-refractivity contribution >= 4 is 17.5 Å². The lowest BCUT2D eigenvalue weighted by Crippen LogP contribution is -2.15. The summed E-state index contributed by atoms with van der Waals surface area (Å²) in [6.07, 6.45) is 1.87. The molecule has 14 heavy (non-hydrogen) atoms. The van der Waals surface area contributed by atoms with Crippen molar-refractivity contribution in [2.45, 2.75) is 18.4 Å². The van der Waals surface area contributed by atoms with Gasteiger partial charge in [-0.05, 0) is 24.4 Å². The van der Waals surface area contributed by atoms with Gasteiger partial charge in [0.05, 0.1) is 0 Å². The van der Waals surface area contributed by atoms with Crippen LogP contribution in [0.15, 0.2) is 0 Å². The predicted molar refractivity (Wildman–Crippen MR) is 52.3 cm³/mol. The third-order valence-corrected chi connectivity index (χ3v) is 2.50. The Morgan fingerprint density at radius 3 is 2.57 bits per heavy atom. The maximum Gasteiger partial charge on any atom is 0.227 e. The molecule has 0 saturated heterocycles. The zero-order valence-corrected chi connectivity index (χ0v) is 8.80. The van der Waals surface area contributed by atoms with E-state index in [4.69, 9.17) is 16.3 Å². The number of rotatable bonds is 3. The third-order valence-electron chi connectivity index (χ3n) is 2.33. The maximum absolute atomic E-state index is 5.76. The second-order valence-corrected chi connectivity index (χ2v) is 3.54. The van der Waals surface area contributed by atoms with Crippen molar-refractivity contribution in [3.05, 3.63) is 11.1 Å². The lowest BCUT2D eigenvalue weighted by molar-refractivity contribution is 0.0710. The summed E-state index contributed by atoms with van der Waals surface area (Å²) >= 11 is 5.76. The summed E-state index contributed by atoms with van der Waals surface area (Å²) in [7, 11) is 3.39.